The van der Waals surface area contributed by atoms with Crippen LogP contribution in [-0.4, -0.2) is 26.0 Å². The Kier molecular flexibility index (Phi) is 4.70. The van der Waals surface area contributed by atoms with Crippen molar-refractivity contribution < 1.29 is 9.90 Å². The predicted octanol–water partition coefficient (Wildman–Crippen LogP) is 1.98. The number of aliphatic hydroxyl groups is 1. The second-order valence-corrected chi connectivity index (χ2v) is 5.13. The molecule has 1 atom stereocenters. The van der Waals surface area contributed by atoms with Crippen LogP contribution in [0.3, 0.4) is 0 Å². The summed E-state index contributed by atoms with van der Waals surface area (Å²) in [5, 5.41) is 20.2. The topological polar surface area (TPSA) is 80.0 Å². The summed E-state index contributed by atoms with van der Waals surface area (Å²) in [5.41, 5.74) is 3.38. The van der Waals surface area contributed by atoms with Crippen LogP contribution in [0.25, 0.3) is 0 Å². The molecule has 2 N–H and O–H groups in total. The van der Waals surface area contributed by atoms with E-state index in [4.69, 9.17) is 0 Å². The van der Waals surface area contributed by atoms with Gasteiger partial charge in [-0.2, -0.15) is 0 Å². The lowest BCUT2D eigenvalue weighted by atomic mass is 10.1. The number of hydrogen-bond donors (Lipinski definition) is 2. The average Bonchev–Trinajstić information content (AvgIpc) is 2.90. The third kappa shape index (κ3) is 3.88. The van der Waals surface area contributed by atoms with E-state index in [1.807, 2.05) is 39.0 Å². The summed E-state index contributed by atoms with van der Waals surface area (Å²) in [5.74, 6) is -0.175. The largest absolute Gasteiger partial charge is 0.387 e. The van der Waals surface area contributed by atoms with Gasteiger partial charge in [0.1, 0.15) is 12.2 Å². The van der Waals surface area contributed by atoms with E-state index in [0.29, 0.717) is 12.1 Å². The number of hydrogen-bond acceptors (Lipinski definition) is 4. The zero-order valence-electron chi connectivity index (χ0n) is 12.5. The van der Waals surface area contributed by atoms with E-state index >= 15 is 0 Å². The first-order valence-corrected chi connectivity index (χ1v) is 6.94. The predicted molar refractivity (Wildman–Crippen MR) is 79.8 cm³/mol. The first kappa shape index (κ1) is 15.2. The molecule has 6 heteroatoms. The highest BCUT2D eigenvalue weighted by Crippen LogP contribution is 2.16. The molecule has 0 aliphatic rings. The molecule has 0 bridgehead atoms. The summed E-state index contributed by atoms with van der Waals surface area (Å²) in [6, 6.07) is 5.90. The number of carbonyl (C=O) groups excluding carboxylic acids is 1. The lowest BCUT2D eigenvalue weighted by Gasteiger charge is -2.09. The van der Waals surface area contributed by atoms with Gasteiger partial charge in [0.25, 0.3) is 0 Å². The lowest BCUT2D eigenvalue weighted by molar-refractivity contribution is -0.116. The van der Waals surface area contributed by atoms with Gasteiger partial charge in [-0.15, -0.1) is 5.10 Å². The summed E-state index contributed by atoms with van der Waals surface area (Å²) < 4.78 is 1.43. The highest BCUT2D eigenvalue weighted by atomic mass is 16.3. The fourth-order valence-corrected chi connectivity index (χ4v) is 1.96. The average molecular weight is 288 g/mol. The first-order chi connectivity index (χ1) is 9.99. The number of anilines is 1. The summed E-state index contributed by atoms with van der Waals surface area (Å²) in [7, 11) is 0. The van der Waals surface area contributed by atoms with Crippen LogP contribution in [0.2, 0.25) is 0 Å². The number of aliphatic hydroxyl groups excluding tert-OH is 1. The number of nitrogens with one attached hydrogen (secondary N) is 1. The van der Waals surface area contributed by atoms with Crippen LogP contribution in [0.1, 0.15) is 36.3 Å². The van der Waals surface area contributed by atoms with Crippen LogP contribution in [0, 0.1) is 13.8 Å². The molecule has 0 saturated carbocycles. The summed E-state index contributed by atoms with van der Waals surface area (Å²) in [6.07, 6.45) is 1.52. The second kappa shape index (κ2) is 6.49. The maximum Gasteiger partial charge on any atom is 0.246 e. The summed E-state index contributed by atoms with van der Waals surface area (Å²) >= 11 is 0. The quantitative estimate of drug-likeness (QED) is 0.881. The smallest absolute Gasteiger partial charge is 0.246 e. The van der Waals surface area contributed by atoms with Crippen molar-refractivity contribution >= 4 is 11.6 Å². The number of benzene rings is 1. The van der Waals surface area contributed by atoms with Crippen LogP contribution >= 0.6 is 0 Å². The Hall–Kier alpha value is -2.21. The zero-order valence-corrected chi connectivity index (χ0v) is 12.5. The van der Waals surface area contributed by atoms with Crippen molar-refractivity contribution in [2.75, 3.05) is 5.32 Å². The molecule has 1 amide bonds. The molecule has 1 aromatic carbocycles. The molecule has 0 spiro atoms. The Labute approximate surface area is 123 Å². The van der Waals surface area contributed by atoms with Gasteiger partial charge in [-0.25, -0.2) is 4.68 Å². The number of amides is 1. The van der Waals surface area contributed by atoms with Crippen LogP contribution in [0.5, 0.6) is 0 Å². The van der Waals surface area contributed by atoms with E-state index in [-0.39, 0.29) is 12.5 Å². The molecule has 1 unspecified atom stereocenters. The minimum absolute atomic E-state index is 0.0663. The minimum Gasteiger partial charge on any atom is -0.387 e. The van der Waals surface area contributed by atoms with E-state index in [2.05, 4.69) is 15.6 Å². The number of carbonyl (C=O) groups is 1. The molecule has 2 aromatic rings. The van der Waals surface area contributed by atoms with Gasteiger partial charge in [0.2, 0.25) is 5.91 Å². The highest BCUT2D eigenvalue weighted by Gasteiger charge is 2.12. The Bertz CT molecular complexity index is 636. The van der Waals surface area contributed by atoms with Gasteiger partial charge in [0.05, 0.1) is 12.3 Å². The molecule has 6 nitrogen and oxygen atoms in total. The minimum atomic E-state index is -0.638. The summed E-state index contributed by atoms with van der Waals surface area (Å²) in [4.78, 5) is 12.0. The van der Waals surface area contributed by atoms with Gasteiger partial charge in [-0.05, 0) is 37.5 Å². The molecule has 1 heterocycles. The lowest BCUT2D eigenvalue weighted by Crippen LogP contribution is -2.19. The Morgan fingerprint density at radius 1 is 1.43 bits per heavy atom. The summed E-state index contributed by atoms with van der Waals surface area (Å²) in [6.45, 7) is 5.85. The van der Waals surface area contributed by atoms with Crippen molar-refractivity contribution in [2.24, 2.45) is 0 Å². The van der Waals surface area contributed by atoms with Gasteiger partial charge in [0, 0.05) is 5.69 Å². The maximum atomic E-state index is 12.0. The number of aromatic nitrogens is 3. The van der Waals surface area contributed by atoms with Gasteiger partial charge in [0.15, 0.2) is 0 Å². The Balaban J connectivity index is 2.01. The van der Waals surface area contributed by atoms with Crippen LogP contribution in [0.15, 0.2) is 24.4 Å². The monoisotopic (exact) mass is 288 g/mol. The Morgan fingerprint density at radius 2 is 2.19 bits per heavy atom. The molecule has 112 valence electrons. The van der Waals surface area contributed by atoms with Crippen molar-refractivity contribution in [1.82, 2.24) is 15.0 Å². The van der Waals surface area contributed by atoms with E-state index in [1.165, 1.54) is 4.68 Å². The van der Waals surface area contributed by atoms with Crippen molar-refractivity contribution in [2.45, 2.75) is 39.8 Å². The molecule has 0 aliphatic heterocycles. The van der Waals surface area contributed by atoms with Crippen molar-refractivity contribution in [3.63, 3.8) is 0 Å². The molecule has 0 saturated heterocycles. The number of nitrogens with zero attached hydrogens (tertiary/aromatic N) is 3. The van der Waals surface area contributed by atoms with E-state index in [1.54, 1.807) is 6.20 Å². The molecule has 21 heavy (non-hydrogen) atoms. The number of aryl methyl sites for hydroxylation is 2. The zero-order chi connectivity index (χ0) is 15.4. The van der Waals surface area contributed by atoms with Crippen molar-refractivity contribution in [1.29, 1.82) is 0 Å². The van der Waals surface area contributed by atoms with Crippen molar-refractivity contribution in [3.05, 3.63) is 41.2 Å². The van der Waals surface area contributed by atoms with Gasteiger partial charge < -0.3 is 10.4 Å². The van der Waals surface area contributed by atoms with Crippen LogP contribution in [-0.2, 0) is 11.3 Å². The molecule has 1 aromatic heterocycles. The maximum absolute atomic E-state index is 12.0. The fourth-order valence-electron chi connectivity index (χ4n) is 1.96. The van der Waals surface area contributed by atoms with Crippen molar-refractivity contribution in [3.8, 4) is 0 Å². The molecule has 0 fully saturated rings. The normalized spacial score (nSPS) is 12.2. The van der Waals surface area contributed by atoms with E-state index < -0.39 is 6.10 Å². The molecule has 0 aliphatic carbocycles. The van der Waals surface area contributed by atoms with E-state index in [9.17, 15) is 9.90 Å². The van der Waals surface area contributed by atoms with Gasteiger partial charge in [-0.1, -0.05) is 24.3 Å². The Morgan fingerprint density at radius 3 is 2.90 bits per heavy atom. The molecular formula is C15H20N4O2. The van der Waals surface area contributed by atoms with E-state index in [0.717, 1.165) is 16.8 Å². The fraction of sp³-hybridized carbons (Fsp3) is 0.400. The highest BCUT2D eigenvalue weighted by molar-refractivity contribution is 5.91. The van der Waals surface area contributed by atoms with Crippen LogP contribution in [0.4, 0.5) is 5.69 Å². The van der Waals surface area contributed by atoms with Gasteiger partial charge in [-0.3, -0.25) is 4.79 Å². The number of rotatable bonds is 5. The van der Waals surface area contributed by atoms with Crippen LogP contribution < -0.4 is 5.32 Å². The standard InChI is InChI=1S/C15H20N4O2/c1-4-14(20)13-8-19(18-17-13)9-15(21)16-12-7-10(2)5-6-11(12)3/h5-8,14,20H,4,9H2,1-3H3,(H,16,21). The van der Waals surface area contributed by atoms with Gasteiger partial charge >= 0.3 is 0 Å². The molecule has 0 radical (unpaired) electrons. The first-order valence-electron chi connectivity index (χ1n) is 6.94. The third-order valence-electron chi connectivity index (χ3n) is 3.26. The SMILES string of the molecule is CCC(O)c1cn(CC(=O)Nc2cc(C)ccc2C)nn1. The second-order valence-electron chi connectivity index (χ2n) is 5.13. The molecular weight excluding hydrogens is 268 g/mol. The third-order valence-corrected chi connectivity index (χ3v) is 3.26. The molecule has 2 rings (SSSR count).